The maximum atomic E-state index is 12.2. The second-order valence-corrected chi connectivity index (χ2v) is 5.68. The Balaban J connectivity index is 1.70. The molecule has 2 N–H and O–H groups in total. The van der Waals surface area contributed by atoms with Gasteiger partial charge in [0.25, 0.3) is 5.91 Å². The van der Waals surface area contributed by atoms with Crippen molar-refractivity contribution in [1.29, 1.82) is 0 Å². The van der Waals surface area contributed by atoms with E-state index in [0.717, 1.165) is 16.8 Å². The third-order valence-electron chi connectivity index (χ3n) is 3.69. The van der Waals surface area contributed by atoms with Crippen molar-refractivity contribution in [1.82, 2.24) is 20.1 Å². The van der Waals surface area contributed by atoms with Gasteiger partial charge in [-0.1, -0.05) is 18.2 Å². The number of nitrogens with zero attached hydrogens (tertiary/aromatic N) is 2. The molecule has 6 heteroatoms. The Morgan fingerprint density at radius 2 is 2.04 bits per heavy atom. The average Bonchev–Trinajstić information content (AvgIpc) is 3.01. The van der Waals surface area contributed by atoms with E-state index in [1.807, 2.05) is 37.4 Å². The number of rotatable bonds is 4. The molecule has 0 fully saturated rings. The van der Waals surface area contributed by atoms with Crippen molar-refractivity contribution in [2.45, 2.75) is 20.4 Å². The Hall–Kier alpha value is -3.15. The van der Waals surface area contributed by atoms with E-state index < -0.39 is 0 Å². The second-order valence-electron chi connectivity index (χ2n) is 5.68. The van der Waals surface area contributed by atoms with Crippen molar-refractivity contribution in [2.24, 2.45) is 0 Å². The van der Waals surface area contributed by atoms with Crippen LogP contribution in [-0.2, 0) is 6.54 Å². The largest absolute Gasteiger partial charge is 0.348 e. The predicted molar refractivity (Wildman–Crippen MR) is 91.3 cm³/mol. The Bertz CT molecular complexity index is 940. The van der Waals surface area contributed by atoms with Gasteiger partial charge in [0.1, 0.15) is 0 Å². The normalized spacial score (nSPS) is 10.6. The second kappa shape index (κ2) is 6.54. The van der Waals surface area contributed by atoms with E-state index in [-0.39, 0.29) is 11.5 Å². The Labute approximate surface area is 139 Å². The highest BCUT2D eigenvalue weighted by Gasteiger charge is 2.08. The molecule has 0 radical (unpaired) electrons. The lowest BCUT2D eigenvalue weighted by Gasteiger charge is -2.05. The fourth-order valence-corrected chi connectivity index (χ4v) is 2.50. The van der Waals surface area contributed by atoms with E-state index in [4.69, 9.17) is 0 Å². The fraction of sp³-hybridized carbons (Fsp3) is 0.167. The Morgan fingerprint density at radius 3 is 2.79 bits per heavy atom. The molecule has 122 valence electrons. The van der Waals surface area contributed by atoms with E-state index in [0.29, 0.717) is 17.8 Å². The molecule has 0 unspecified atom stereocenters. The summed E-state index contributed by atoms with van der Waals surface area (Å²) in [6.45, 7) is 4.11. The Morgan fingerprint density at radius 1 is 1.25 bits per heavy atom. The molecule has 0 aliphatic heterocycles. The summed E-state index contributed by atoms with van der Waals surface area (Å²) in [6, 6.07) is 10.9. The molecule has 24 heavy (non-hydrogen) atoms. The van der Waals surface area contributed by atoms with Crippen molar-refractivity contribution < 1.29 is 4.79 Å². The van der Waals surface area contributed by atoms with Crippen LogP contribution in [0.5, 0.6) is 0 Å². The van der Waals surface area contributed by atoms with Crippen molar-refractivity contribution in [3.8, 4) is 5.69 Å². The number of carbonyl (C=O) groups is 1. The zero-order chi connectivity index (χ0) is 17.1. The quantitative estimate of drug-likeness (QED) is 0.772. The van der Waals surface area contributed by atoms with Gasteiger partial charge in [-0.25, -0.2) is 4.68 Å². The number of H-pyrrole nitrogens is 1. The van der Waals surface area contributed by atoms with E-state index in [2.05, 4.69) is 15.4 Å². The molecule has 0 atom stereocenters. The topological polar surface area (TPSA) is 79.8 Å². The van der Waals surface area contributed by atoms with Crippen molar-refractivity contribution in [3.05, 3.63) is 81.5 Å². The summed E-state index contributed by atoms with van der Waals surface area (Å²) in [4.78, 5) is 26.2. The van der Waals surface area contributed by atoms with Gasteiger partial charge < -0.3 is 10.3 Å². The monoisotopic (exact) mass is 322 g/mol. The lowest BCUT2D eigenvalue weighted by Crippen LogP contribution is -2.24. The number of aromatic amines is 1. The Kier molecular flexibility index (Phi) is 4.29. The molecular formula is C18H18N4O2. The van der Waals surface area contributed by atoms with Gasteiger partial charge in [-0.2, -0.15) is 5.10 Å². The van der Waals surface area contributed by atoms with E-state index in [9.17, 15) is 9.59 Å². The van der Waals surface area contributed by atoms with Gasteiger partial charge in [0.2, 0.25) is 5.56 Å². The van der Waals surface area contributed by atoms with Crippen LogP contribution in [0.25, 0.3) is 5.69 Å². The molecule has 6 nitrogen and oxygen atoms in total. The maximum Gasteiger partial charge on any atom is 0.251 e. The number of aryl methyl sites for hydroxylation is 2. The molecule has 1 amide bonds. The summed E-state index contributed by atoms with van der Waals surface area (Å²) in [6.07, 6.45) is 3.60. The maximum absolute atomic E-state index is 12.2. The van der Waals surface area contributed by atoms with Gasteiger partial charge in [-0.05, 0) is 31.5 Å². The molecule has 0 aliphatic rings. The number of nitrogens with one attached hydrogen (secondary N) is 2. The highest BCUT2D eigenvalue weighted by Crippen LogP contribution is 2.13. The number of benzene rings is 1. The van der Waals surface area contributed by atoms with Crippen LogP contribution in [0.2, 0.25) is 0 Å². The number of para-hydroxylation sites is 1. The molecule has 0 spiro atoms. The molecule has 2 aromatic heterocycles. The standard InChI is InChI=1S/C18H18N4O2/c1-12-5-3-4-6-16(12)22-11-14(10-20-22)9-19-18(24)15-7-13(2)21-17(23)8-15/h3-8,10-11H,9H2,1-2H3,(H,19,24)(H,21,23). The molecule has 0 saturated carbocycles. The molecule has 3 aromatic rings. The number of amides is 1. The van der Waals surface area contributed by atoms with Crippen molar-refractivity contribution in [3.63, 3.8) is 0 Å². The minimum absolute atomic E-state index is 0.284. The molecule has 0 saturated heterocycles. The van der Waals surface area contributed by atoms with Gasteiger partial charge in [0.15, 0.2) is 0 Å². The zero-order valence-corrected chi connectivity index (χ0v) is 13.5. The fourth-order valence-electron chi connectivity index (χ4n) is 2.50. The molecule has 0 bridgehead atoms. The molecular weight excluding hydrogens is 304 g/mol. The first-order chi connectivity index (χ1) is 11.5. The van der Waals surface area contributed by atoms with Gasteiger partial charge in [-0.15, -0.1) is 0 Å². The summed E-state index contributed by atoms with van der Waals surface area (Å²) in [5, 5.41) is 7.14. The number of hydrogen-bond acceptors (Lipinski definition) is 3. The van der Waals surface area contributed by atoms with Gasteiger partial charge in [-0.3, -0.25) is 9.59 Å². The molecule has 1 aromatic carbocycles. The highest BCUT2D eigenvalue weighted by molar-refractivity contribution is 5.94. The van der Waals surface area contributed by atoms with E-state index >= 15 is 0 Å². The minimum atomic E-state index is -0.285. The van der Waals surface area contributed by atoms with E-state index in [1.54, 1.807) is 23.9 Å². The van der Waals surface area contributed by atoms with Gasteiger partial charge in [0.05, 0.1) is 11.9 Å². The van der Waals surface area contributed by atoms with Crippen molar-refractivity contribution in [2.75, 3.05) is 0 Å². The van der Waals surface area contributed by atoms with Crippen LogP contribution in [0, 0.1) is 13.8 Å². The smallest absolute Gasteiger partial charge is 0.251 e. The third-order valence-corrected chi connectivity index (χ3v) is 3.69. The number of pyridine rings is 1. The van der Waals surface area contributed by atoms with Crippen LogP contribution in [0.4, 0.5) is 0 Å². The predicted octanol–water partition coefficient (Wildman–Crippen LogP) is 2.11. The summed E-state index contributed by atoms with van der Waals surface area (Å²) < 4.78 is 1.79. The van der Waals surface area contributed by atoms with Crippen LogP contribution >= 0.6 is 0 Å². The number of carbonyl (C=O) groups excluding carboxylic acids is 1. The summed E-state index contributed by atoms with van der Waals surface area (Å²) in [5.74, 6) is -0.284. The lowest BCUT2D eigenvalue weighted by molar-refractivity contribution is 0.0950. The molecule has 2 heterocycles. The zero-order valence-electron chi connectivity index (χ0n) is 13.5. The van der Waals surface area contributed by atoms with Crippen LogP contribution in [0.15, 0.2) is 53.6 Å². The summed E-state index contributed by atoms with van der Waals surface area (Å²) in [5.41, 5.74) is 3.72. The van der Waals surface area contributed by atoms with E-state index in [1.165, 1.54) is 6.07 Å². The molecule has 3 rings (SSSR count). The summed E-state index contributed by atoms with van der Waals surface area (Å²) in [7, 11) is 0. The highest BCUT2D eigenvalue weighted by atomic mass is 16.2. The van der Waals surface area contributed by atoms with Gasteiger partial charge >= 0.3 is 0 Å². The first kappa shape index (κ1) is 15.7. The minimum Gasteiger partial charge on any atom is -0.348 e. The average molecular weight is 322 g/mol. The van der Waals surface area contributed by atoms with Gasteiger partial charge in [0, 0.05) is 35.6 Å². The number of aromatic nitrogens is 3. The third kappa shape index (κ3) is 3.43. The SMILES string of the molecule is Cc1cc(C(=O)NCc2cnn(-c3ccccc3C)c2)cc(=O)[nH]1. The lowest BCUT2D eigenvalue weighted by atomic mass is 10.2. The molecule has 0 aliphatic carbocycles. The van der Waals surface area contributed by atoms with Crippen LogP contribution in [0.3, 0.4) is 0 Å². The number of hydrogen-bond donors (Lipinski definition) is 2. The van der Waals surface area contributed by atoms with Crippen molar-refractivity contribution >= 4 is 5.91 Å². The van der Waals surface area contributed by atoms with Crippen LogP contribution in [0.1, 0.15) is 27.2 Å². The first-order valence-corrected chi connectivity index (χ1v) is 7.61. The van der Waals surface area contributed by atoms with Crippen LogP contribution < -0.4 is 10.9 Å². The summed E-state index contributed by atoms with van der Waals surface area (Å²) >= 11 is 0. The first-order valence-electron chi connectivity index (χ1n) is 7.61. The van der Waals surface area contributed by atoms with Crippen LogP contribution in [-0.4, -0.2) is 20.7 Å².